The predicted octanol–water partition coefficient (Wildman–Crippen LogP) is 4.35. The first-order valence-corrected chi connectivity index (χ1v) is 12.5. The van der Waals surface area contributed by atoms with Gasteiger partial charge in [-0.2, -0.15) is 0 Å². The quantitative estimate of drug-likeness (QED) is 0.485. The van der Waals surface area contributed by atoms with Gasteiger partial charge in [-0.15, -0.1) is 0 Å². The van der Waals surface area contributed by atoms with Crippen molar-refractivity contribution in [3.05, 3.63) is 66.7 Å². The zero-order valence-corrected chi connectivity index (χ0v) is 21.3. The Kier molecular flexibility index (Phi) is 8.17. The Labute approximate surface area is 211 Å². The normalized spacial score (nSPS) is 14.0. The Balaban J connectivity index is 1.64. The highest BCUT2D eigenvalue weighted by Gasteiger charge is 2.19. The van der Waals surface area contributed by atoms with Crippen LogP contribution in [0.1, 0.15) is 0 Å². The third kappa shape index (κ3) is 6.69. The van der Waals surface area contributed by atoms with Gasteiger partial charge < -0.3 is 30.5 Å². The van der Waals surface area contributed by atoms with Crippen molar-refractivity contribution in [2.45, 2.75) is 9.79 Å². The monoisotopic (exact) mass is 491 g/mol. The molecule has 3 N–H and O–H groups in total. The summed E-state index contributed by atoms with van der Waals surface area (Å²) in [7, 11) is 6.12. The van der Waals surface area contributed by atoms with E-state index in [4.69, 9.17) is 10.5 Å². The molecule has 184 valence electrons. The Morgan fingerprint density at radius 1 is 1.00 bits per heavy atom. The molecule has 1 amide bonds. The van der Waals surface area contributed by atoms with E-state index in [9.17, 15) is 4.79 Å². The summed E-state index contributed by atoms with van der Waals surface area (Å²) in [5.74, 6) is 1.43. The number of hydrogen-bond donors (Lipinski definition) is 2. The number of piperazine rings is 1. The van der Waals surface area contributed by atoms with Crippen LogP contribution in [0.3, 0.4) is 0 Å². The molecular formula is C27H33N5O2S. The van der Waals surface area contributed by atoms with Gasteiger partial charge >= 0.3 is 0 Å². The van der Waals surface area contributed by atoms with Crippen molar-refractivity contribution in [2.75, 3.05) is 69.0 Å². The minimum absolute atomic E-state index is 0.0530. The van der Waals surface area contributed by atoms with Gasteiger partial charge in [0.2, 0.25) is 5.91 Å². The molecule has 3 aromatic carbocycles. The lowest BCUT2D eigenvalue weighted by atomic mass is 10.2. The van der Waals surface area contributed by atoms with Gasteiger partial charge in [-0.1, -0.05) is 30.0 Å². The number of likely N-dealkylation sites (N-methyl/N-ethyl adjacent to an activating group) is 1. The van der Waals surface area contributed by atoms with Crippen molar-refractivity contribution in [1.82, 2.24) is 4.90 Å². The molecule has 4 rings (SSSR count). The van der Waals surface area contributed by atoms with Crippen LogP contribution in [0.5, 0.6) is 11.5 Å². The summed E-state index contributed by atoms with van der Waals surface area (Å²) in [6.45, 7) is 3.92. The van der Waals surface area contributed by atoms with Crippen LogP contribution in [0.2, 0.25) is 0 Å². The van der Waals surface area contributed by atoms with E-state index in [1.165, 1.54) is 0 Å². The molecular weight excluding hydrogens is 458 g/mol. The van der Waals surface area contributed by atoms with E-state index in [2.05, 4.69) is 46.4 Å². The van der Waals surface area contributed by atoms with Crippen molar-refractivity contribution < 1.29 is 9.53 Å². The van der Waals surface area contributed by atoms with Gasteiger partial charge in [-0.3, -0.25) is 4.79 Å². The highest BCUT2D eigenvalue weighted by atomic mass is 32.2. The lowest BCUT2D eigenvalue weighted by Gasteiger charge is -2.35. The van der Waals surface area contributed by atoms with E-state index in [1.54, 1.807) is 11.8 Å². The smallest absolute Gasteiger partial charge is 0.238 e. The zero-order chi connectivity index (χ0) is 24.8. The van der Waals surface area contributed by atoms with Crippen LogP contribution >= 0.6 is 11.8 Å². The molecule has 3 aromatic rings. The third-order valence-corrected chi connectivity index (χ3v) is 6.82. The van der Waals surface area contributed by atoms with Crippen molar-refractivity contribution in [1.29, 1.82) is 0 Å². The molecule has 1 aliphatic rings. The van der Waals surface area contributed by atoms with Gasteiger partial charge in [0.15, 0.2) is 5.75 Å². The lowest BCUT2D eigenvalue weighted by Crippen LogP contribution is -2.44. The number of hydrogen-bond acceptors (Lipinski definition) is 7. The molecule has 8 heteroatoms. The molecule has 0 aromatic heterocycles. The maximum Gasteiger partial charge on any atom is 0.238 e. The Morgan fingerprint density at radius 3 is 2.43 bits per heavy atom. The Hall–Kier alpha value is -3.20. The first kappa shape index (κ1) is 24.9. The number of anilines is 3. The van der Waals surface area contributed by atoms with Crippen LogP contribution < -0.4 is 25.6 Å². The molecule has 0 atom stereocenters. The minimum Gasteiger partial charge on any atom is -0.455 e. The number of rotatable bonds is 8. The number of nitrogens with zero attached hydrogens (tertiary/aromatic N) is 3. The highest BCUT2D eigenvalue weighted by Crippen LogP contribution is 2.40. The second-order valence-electron chi connectivity index (χ2n) is 8.80. The maximum absolute atomic E-state index is 11.9. The summed E-state index contributed by atoms with van der Waals surface area (Å²) in [6.07, 6.45) is 0. The fourth-order valence-corrected chi connectivity index (χ4v) is 4.82. The molecule has 0 unspecified atom stereocenters. The molecule has 0 radical (unpaired) electrons. The fraction of sp³-hybridized carbons (Fsp3) is 0.296. The third-order valence-electron chi connectivity index (χ3n) is 5.86. The topological polar surface area (TPSA) is 74.1 Å². The standard InChI is InChI=1S/C27H33N5O2S/c1-30(2)21-15-20(29-27(33)19-28)16-24(17-21)35-23-9-10-25(32-13-11-31(3)12-14-32)26(18-23)34-22-7-5-4-6-8-22/h4-10,15-18H,11-14,19,28H2,1-3H3,(H,29,33). The number of carbonyl (C=O) groups is 1. The largest absolute Gasteiger partial charge is 0.455 e. The average Bonchev–Trinajstić information content (AvgIpc) is 2.85. The molecule has 1 saturated heterocycles. The van der Waals surface area contributed by atoms with E-state index in [-0.39, 0.29) is 12.5 Å². The molecule has 7 nitrogen and oxygen atoms in total. The number of ether oxygens (including phenoxy) is 1. The lowest BCUT2D eigenvalue weighted by molar-refractivity contribution is -0.114. The van der Waals surface area contributed by atoms with E-state index >= 15 is 0 Å². The first-order chi connectivity index (χ1) is 16.9. The molecule has 0 aliphatic carbocycles. The maximum atomic E-state index is 11.9. The number of benzene rings is 3. The zero-order valence-electron chi connectivity index (χ0n) is 20.5. The van der Waals surface area contributed by atoms with Crippen molar-refractivity contribution in [3.8, 4) is 11.5 Å². The fourth-order valence-electron chi connectivity index (χ4n) is 3.88. The SMILES string of the molecule is CN1CCN(c2ccc(Sc3cc(NC(=O)CN)cc(N(C)C)c3)cc2Oc2ccccc2)CC1. The number of nitrogens with two attached hydrogens (primary N) is 1. The molecule has 1 fully saturated rings. The second kappa shape index (κ2) is 11.5. The second-order valence-corrected chi connectivity index (χ2v) is 9.95. The summed E-state index contributed by atoms with van der Waals surface area (Å²) in [6, 6.07) is 22.3. The molecule has 1 heterocycles. The van der Waals surface area contributed by atoms with Crippen LogP contribution in [0, 0.1) is 0 Å². The minimum atomic E-state index is -0.216. The van der Waals surface area contributed by atoms with Gasteiger partial charge in [0, 0.05) is 61.4 Å². The van der Waals surface area contributed by atoms with Crippen LogP contribution in [0.4, 0.5) is 17.1 Å². The summed E-state index contributed by atoms with van der Waals surface area (Å²) in [5, 5.41) is 2.87. The average molecular weight is 492 g/mol. The van der Waals surface area contributed by atoms with E-state index in [1.807, 2.05) is 61.5 Å². The van der Waals surface area contributed by atoms with E-state index in [0.717, 1.165) is 64.5 Å². The van der Waals surface area contributed by atoms with Gasteiger partial charge in [0.05, 0.1) is 12.2 Å². The van der Waals surface area contributed by atoms with Gasteiger partial charge in [0.25, 0.3) is 0 Å². The summed E-state index contributed by atoms with van der Waals surface area (Å²) in [5.41, 5.74) is 8.32. The van der Waals surface area contributed by atoms with Gasteiger partial charge in [-0.05, 0) is 55.6 Å². The van der Waals surface area contributed by atoms with Crippen molar-refractivity contribution in [3.63, 3.8) is 0 Å². The molecule has 0 bridgehead atoms. The number of amides is 1. The molecule has 1 aliphatic heterocycles. The Morgan fingerprint density at radius 2 is 1.74 bits per heavy atom. The van der Waals surface area contributed by atoms with Gasteiger partial charge in [0.1, 0.15) is 5.75 Å². The Bertz CT molecular complexity index is 1150. The number of para-hydroxylation sites is 1. The van der Waals surface area contributed by atoms with Crippen LogP contribution in [-0.2, 0) is 4.79 Å². The molecule has 0 spiro atoms. The van der Waals surface area contributed by atoms with E-state index in [0.29, 0.717) is 0 Å². The number of nitrogens with one attached hydrogen (secondary N) is 1. The van der Waals surface area contributed by atoms with Crippen LogP contribution in [0.25, 0.3) is 0 Å². The van der Waals surface area contributed by atoms with Crippen LogP contribution in [-0.4, -0.2) is 64.7 Å². The molecule has 35 heavy (non-hydrogen) atoms. The summed E-state index contributed by atoms with van der Waals surface area (Å²) < 4.78 is 6.37. The summed E-state index contributed by atoms with van der Waals surface area (Å²) >= 11 is 1.63. The summed E-state index contributed by atoms with van der Waals surface area (Å²) in [4.78, 5) is 20.7. The first-order valence-electron chi connectivity index (χ1n) is 11.7. The van der Waals surface area contributed by atoms with Crippen molar-refractivity contribution in [2.24, 2.45) is 5.73 Å². The van der Waals surface area contributed by atoms with Crippen molar-refractivity contribution >= 4 is 34.7 Å². The number of carbonyl (C=O) groups excluding carboxylic acids is 1. The molecule has 0 saturated carbocycles. The van der Waals surface area contributed by atoms with Crippen LogP contribution in [0.15, 0.2) is 76.5 Å². The van der Waals surface area contributed by atoms with Gasteiger partial charge in [-0.25, -0.2) is 0 Å². The highest BCUT2D eigenvalue weighted by molar-refractivity contribution is 7.99. The van der Waals surface area contributed by atoms with E-state index < -0.39 is 0 Å². The predicted molar refractivity (Wildman–Crippen MR) is 145 cm³/mol.